The van der Waals surface area contributed by atoms with Crippen molar-refractivity contribution in [2.75, 3.05) is 4.90 Å². The number of nitrogens with zero attached hydrogens (tertiary/aromatic N) is 1. The van der Waals surface area contributed by atoms with E-state index in [2.05, 4.69) is 193 Å². The maximum absolute atomic E-state index is 6.37. The first-order valence-electron chi connectivity index (χ1n) is 18.7. The molecule has 0 radical (unpaired) electrons. The number of hydrogen-bond donors (Lipinski definition) is 0. The van der Waals surface area contributed by atoms with Crippen LogP contribution in [0.2, 0.25) is 0 Å². The fourth-order valence-corrected chi connectivity index (χ4v) is 9.29. The molecule has 0 amide bonds. The van der Waals surface area contributed by atoms with Crippen LogP contribution in [-0.2, 0) is 0 Å². The standard InChI is InChI=1S/C52H33NOS/c1-2-11-42-37(9-1)10-7-14-43(42)38-21-19-34(20-22-38)35-23-28-40(29-24-35)53(47-15-8-17-49-52(47)45-13-3-5-16-48(45)54-49)41-30-25-36(26-31-41)39-27-32-51-46(33-39)44-12-4-6-18-50(44)55-51/h1-33H. The number of para-hydroxylation sites is 1. The van der Waals surface area contributed by atoms with E-state index in [0.717, 1.165) is 39.0 Å². The van der Waals surface area contributed by atoms with Gasteiger partial charge in [-0.15, -0.1) is 11.3 Å². The molecule has 0 saturated carbocycles. The Labute approximate surface area is 322 Å². The van der Waals surface area contributed by atoms with Gasteiger partial charge >= 0.3 is 0 Å². The minimum absolute atomic E-state index is 0.875. The predicted molar refractivity (Wildman–Crippen MR) is 235 cm³/mol. The summed E-state index contributed by atoms with van der Waals surface area (Å²) in [5.41, 5.74) is 12.2. The van der Waals surface area contributed by atoms with E-state index in [1.54, 1.807) is 0 Å². The molecule has 0 saturated heterocycles. The molecular formula is C52H33NOS. The maximum Gasteiger partial charge on any atom is 0.137 e. The number of hydrogen-bond acceptors (Lipinski definition) is 3. The minimum atomic E-state index is 0.875. The summed E-state index contributed by atoms with van der Waals surface area (Å²) < 4.78 is 9.01. The third-order valence-corrected chi connectivity index (χ3v) is 12.1. The molecule has 2 nitrogen and oxygen atoms in total. The highest BCUT2D eigenvalue weighted by atomic mass is 32.1. The average Bonchev–Trinajstić information content (AvgIpc) is 3.83. The largest absolute Gasteiger partial charge is 0.456 e. The van der Waals surface area contributed by atoms with Crippen LogP contribution in [0.5, 0.6) is 0 Å². The minimum Gasteiger partial charge on any atom is -0.456 e. The van der Waals surface area contributed by atoms with E-state index in [-0.39, 0.29) is 0 Å². The van der Waals surface area contributed by atoms with Gasteiger partial charge in [0.2, 0.25) is 0 Å². The van der Waals surface area contributed by atoms with Crippen LogP contribution < -0.4 is 4.90 Å². The number of rotatable bonds is 6. The van der Waals surface area contributed by atoms with E-state index < -0.39 is 0 Å². The van der Waals surface area contributed by atoms with Gasteiger partial charge in [-0.1, -0.05) is 140 Å². The zero-order valence-electron chi connectivity index (χ0n) is 29.8. The zero-order valence-corrected chi connectivity index (χ0v) is 30.6. The van der Waals surface area contributed by atoms with Gasteiger partial charge in [0.1, 0.15) is 11.2 Å². The normalized spacial score (nSPS) is 11.6. The molecule has 0 spiro atoms. The van der Waals surface area contributed by atoms with Crippen LogP contribution >= 0.6 is 11.3 Å². The lowest BCUT2D eigenvalue weighted by Crippen LogP contribution is -2.10. The molecule has 0 fully saturated rings. The van der Waals surface area contributed by atoms with Crippen molar-refractivity contribution < 1.29 is 4.42 Å². The molecule has 0 bridgehead atoms. The smallest absolute Gasteiger partial charge is 0.137 e. The molecule has 55 heavy (non-hydrogen) atoms. The number of furan rings is 1. The van der Waals surface area contributed by atoms with Gasteiger partial charge in [-0.25, -0.2) is 0 Å². The van der Waals surface area contributed by atoms with Gasteiger partial charge in [-0.3, -0.25) is 0 Å². The molecule has 0 aliphatic heterocycles. The van der Waals surface area contributed by atoms with Crippen LogP contribution in [0.3, 0.4) is 0 Å². The molecule has 258 valence electrons. The van der Waals surface area contributed by atoms with Gasteiger partial charge in [-0.2, -0.15) is 0 Å². The Morgan fingerprint density at radius 3 is 1.69 bits per heavy atom. The molecule has 2 heterocycles. The Hall–Kier alpha value is -6.94. The van der Waals surface area contributed by atoms with E-state index >= 15 is 0 Å². The van der Waals surface area contributed by atoms with E-state index in [1.807, 2.05) is 23.5 Å². The molecular weight excluding hydrogens is 687 g/mol. The van der Waals surface area contributed by atoms with Gasteiger partial charge in [0.15, 0.2) is 0 Å². The summed E-state index contributed by atoms with van der Waals surface area (Å²) in [6.07, 6.45) is 0. The second-order valence-electron chi connectivity index (χ2n) is 14.1. The zero-order chi connectivity index (χ0) is 36.3. The van der Waals surface area contributed by atoms with Gasteiger partial charge in [0, 0.05) is 36.9 Å². The average molecular weight is 720 g/mol. The second-order valence-corrected chi connectivity index (χ2v) is 15.2. The van der Waals surface area contributed by atoms with Crippen molar-refractivity contribution in [1.82, 2.24) is 0 Å². The molecule has 0 aliphatic carbocycles. The third-order valence-electron chi connectivity index (χ3n) is 10.9. The van der Waals surface area contributed by atoms with Crippen molar-refractivity contribution in [1.29, 1.82) is 0 Å². The number of thiophene rings is 1. The molecule has 0 atom stereocenters. The van der Waals surface area contributed by atoms with Crippen molar-refractivity contribution in [2.24, 2.45) is 0 Å². The highest BCUT2D eigenvalue weighted by Crippen LogP contribution is 2.44. The fourth-order valence-electron chi connectivity index (χ4n) is 8.20. The summed E-state index contributed by atoms with van der Waals surface area (Å²) in [6.45, 7) is 0. The van der Waals surface area contributed by atoms with Crippen molar-refractivity contribution in [3.05, 3.63) is 200 Å². The summed E-state index contributed by atoms with van der Waals surface area (Å²) in [5.74, 6) is 0. The highest BCUT2D eigenvalue weighted by Gasteiger charge is 2.20. The van der Waals surface area contributed by atoms with Crippen molar-refractivity contribution in [2.45, 2.75) is 0 Å². The van der Waals surface area contributed by atoms with Crippen LogP contribution in [0.25, 0.3) is 86.3 Å². The third kappa shape index (κ3) is 5.40. The SMILES string of the molecule is c1ccc2c(-c3ccc(-c4ccc(N(c5ccc(-c6ccc7sc8ccccc8c7c6)cc5)c5cccc6oc7ccccc7c56)cc4)cc3)cccc2c1. The highest BCUT2D eigenvalue weighted by molar-refractivity contribution is 7.25. The first-order chi connectivity index (χ1) is 27.2. The van der Waals surface area contributed by atoms with Crippen LogP contribution in [0.1, 0.15) is 0 Å². The molecule has 0 N–H and O–H groups in total. The Balaban J connectivity index is 0.986. The Morgan fingerprint density at radius 2 is 0.909 bits per heavy atom. The van der Waals surface area contributed by atoms with E-state index in [1.165, 1.54) is 64.3 Å². The lowest BCUT2D eigenvalue weighted by molar-refractivity contribution is 0.669. The van der Waals surface area contributed by atoms with Crippen LogP contribution in [0, 0.1) is 0 Å². The molecule has 0 aliphatic rings. The van der Waals surface area contributed by atoms with Crippen LogP contribution in [0.15, 0.2) is 205 Å². The summed E-state index contributed by atoms with van der Waals surface area (Å²) in [5, 5.41) is 7.36. The van der Waals surface area contributed by atoms with Gasteiger partial charge in [-0.05, 0) is 105 Å². The number of benzene rings is 9. The maximum atomic E-state index is 6.37. The monoisotopic (exact) mass is 719 g/mol. The lowest BCUT2D eigenvalue weighted by atomic mass is 9.96. The molecule has 11 aromatic rings. The fraction of sp³-hybridized carbons (Fsp3) is 0. The molecule has 11 rings (SSSR count). The van der Waals surface area contributed by atoms with Crippen LogP contribution in [0.4, 0.5) is 17.1 Å². The first kappa shape index (κ1) is 31.6. The van der Waals surface area contributed by atoms with Gasteiger partial charge in [0.25, 0.3) is 0 Å². The summed E-state index contributed by atoms with van der Waals surface area (Å²) in [6, 6.07) is 72.2. The summed E-state index contributed by atoms with van der Waals surface area (Å²) in [4.78, 5) is 2.36. The molecule has 0 unspecified atom stereocenters. The van der Waals surface area contributed by atoms with E-state index in [9.17, 15) is 0 Å². The quantitative estimate of drug-likeness (QED) is 0.170. The molecule has 3 heteroatoms. The van der Waals surface area contributed by atoms with Crippen molar-refractivity contribution in [3.8, 4) is 33.4 Å². The van der Waals surface area contributed by atoms with Crippen LogP contribution in [-0.4, -0.2) is 0 Å². The number of anilines is 3. The molecule has 2 aromatic heterocycles. The summed E-state index contributed by atoms with van der Waals surface area (Å²) in [7, 11) is 0. The summed E-state index contributed by atoms with van der Waals surface area (Å²) >= 11 is 1.85. The number of fused-ring (bicyclic) bond motifs is 7. The van der Waals surface area contributed by atoms with Gasteiger partial charge in [0.05, 0.1) is 11.1 Å². The lowest BCUT2D eigenvalue weighted by Gasteiger charge is -2.26. The van der Waals surface area contributed by atoms with Crippen molar-refractivity contribution in [3.63, 3.8) is 0 Å². The van der Waals surface area contributed by atoms with E-state index in [4.69, 9.17) is 4.42 Å². The Bertz CT molecular complexity index is 3180. The molecule has 9 aromatic carbocycles. The predicted octanol–water partition coefficient (Wildman–Crippen LogP) is 15.6. The topological polar surface area (TPSA) is 16.4 Å². The Kier molecular flexibility index (Phi) is 7.39. The van der Waals surface area contributed by atoms with Gasteiger partial charge < -0.3 is 9.32 Å². The second kappa shape index (κ2) is 12.9. The van der Waals surface area contributed by atoms with Crippen molar-refractivity contribution >= 4 is 81.3 Å². The first-order valence-corrected chi connectivity index (χ1v) is 19.5. The van der Waals surface area contributed by atoms with E-state index in [0.29, 0.717) is 0 Å². The Morgan fingerprint density at radius 1 is 0.364 bits per heavy atom.